The molecule has 0 spiro atoms. The van der Waals surface area contributed by atoms with Crippen molar-refractivity contribution < 1.29 is 4.79 Å². The molecular formula is C23H25N5O. The number of carbonyl (C=O) groups is 1. The Morgan fingerprint density at radius 2 is 2.07 bits per heavy atom. The summed E-state index contributed by atoms with van der Waals surface area (Å²) in [6.07, 6.45) is 8.85. The van der Waals surface area contributed by atoms with Gasteiger partial charge in [0.2, 0.25) is 0 Å². The van der Waals surface area contributed by atoms with Gasteiger partial charge in [-0.1, -0.05) is 18.2 Å². The first-order chi connectivity index (χ1) is 14.2. The molecule has 3 aromatic rings. The maximum atomic E-state index is 13.4. The van der Waals surface area contributed by atoms with Gasteiger partial charge in [-0.15, -0.1) is 0 Å². The Morgan fingerprint density at radius 1 is 1.17 bits per heavy atom. The molecule has 6 nitrogen and oxygen atoms in total. The van der Waals surface area contributed by atoms with E-state index in [0.29, 0.717) is 11.5 Å². The number of aromatic nitrogens is 3. The number of carbonyl (C=O) groups excluding carboxylic acids is 1. The zero-order valence-electron chi connectivity index (χ0n) is 16.7. The molecule has 2 aliphatic rings. The summed E-state index contributed by atoms with van der Waals surface area (Å²) < 4.78 is 1.85. The first-order valence-electron chi connectivity index (χ1n) is 10.3. The van der Waals surface area contributed by atoms with Crippen LogP contribution in [0, 0.1) is 5.92 Å². The molecule has 29 heavy (non-hydrogen) atoms. The van der Waals surface area contributed by atoms with Crippen molar-refractivity contribution in [2.45, 2.75) is 19.3 Å². The molecule has 0 aliphatic carbocycles. The summed E-state index contributed by atoms with van der Waals surface area (Å²) >= 11 is 0. The number of amides is 1. The maximum absolute atomic E-state index is 13.4. The van der Waals surface area contributed by atoms with Crippen LogP contribution < -0.4 is 9.80 Å². The Morgan fingerprint density at radius 3 is 2.93 bits per heavy atom. The number of rotatable bonds is 4. The number of hydrogen-bond acceptors (Lipinski definition) is 4. The molecule has 6 heteroatoms. The highest BCUT2D eigenvalue weighted by atomic mass is 16.2. The van der Waals surface area contributed by atoms with E-state index in [9.17, 15) is 4.79 Å². The molecule has 1 amide bonds. The highest BCUT2D eigenvalue weighted by Gasteiger charge is 2.31. The lowest BCUT2D eigenvalue weighted by atomic mass is 10.0. The van der Waals surface area contributed by atoms with Crippen LogP contribution in [-0.4, -0.2) is 40.3 Å². The van der Waals surface area contributed by atoms with Crippen molar-refractivity contribution in [3.05, 3.63) is 71.7 Å². The summed E-state index contributed by atoms with van der Waals surface area (Å²) in [7, 11) is 1.95. The van der Waals surface area contributed by atoms with Crippen molar-refractivity contribution in [3.63, 3.8) is 0 Å². The molecule has 1 unspecified atom stereocenters. The first-order valence-corrected chi connectivity index (χ1v) is 10.3. The Labute approximate surface area is 170 Å². The number of hydrogen-bond donors (Lipinski definition) is 0. The third kappa shape index (κ3) is 3.39. The van der Waals surface area contributed by atoms with E-state index < -0.39 is 0 Å². The van der Waals surface area contributed by atoms with Gasteiger partial charge in [0, 0.05) is 44.8 Å². The molecule has 1 aromatic carbocycles. The molecule has 1 atom stereocenters. The van der Waals surface area contributed by atoms with Crippen molar-refractivity contribution in [2.75, 3.05) is 29.4 Å². The monoisotopic (exact) mass is 387 g/mol. The number of fused-ring (bicyclic) bond motifs is 1. The molecular weight excluding hydrogens is 362 g/mol. The fraction of sp³-hybridized carbons (Fsp3) is 0.348. The van der Waals surface area contributed by atoms with Gasteiger partial charge in [-0.25, -0.2) is 4.98 Å². The largest absolute Gasteiger partial charge is 0.356 e. The third-order valence-corrected chi connectivity index (χ3v) is 6.02. The minimum absolute atomic E-state index is 0.0498. The van der Waals surface area contributed by atoms with Crippen LogP contribution >= 0.6 is 0 Å². The second kappa shape index (κ2) is 7.35. The number of nitrogens with zero attached hydrogens (tertiary/aromatic N) is 5. The topological polar surface area (TPSA) is 54.3 Å². The summed E-state index contributed by atoms with van der Waals surface area (Å²) in [5.74, 6) is 1.42. The van der Waals surface area contributed by atoms with Crippen molar-refractivity contribution in [2.24, 2.45) is 13.0 Å². The molecule has 4 heterocycles. The van der Waals surface area contributed by atoms with E-state index in [1.54, 1.807) is 6.20 Å². The molecule has 148 valence electrons. The van der Waals surface area contributed by atoms with Crippen LogP contribution in [0.2, 0.25) is 0 Å². The Hall–Kier alpha value is -3.15. The van der Waals surface area contributed by atoms with Crippen LogP contribution in [0.15, 0.2) is 55.0 Å². The van der Waals surface area contributed by atoms with Crippen LogP contribution in [0.1, 0.15) is 27.9 Å². The standard InChI is InChI=1S/C23H25N5O/c1-26-15-18(14-25-26)13-17-8-11-27(16-17)22-20(6-4-10-24-22)23(29)28-12-9-19-5-2-3-7-21(19)28/h2-7,10,14-15,17H,8-9,11-13,16H2,1H3. The van der Waals surface area contributed by atoms with Crippen LogP contribution in [0.5, 0.6) is 0 Å². The minimum atomic E-state index is 0.0498. The van der Waals surface area contributed by atoms with Crippen molar-refractivity contribution in [1.29, 1.82) is 0 Å². The Bertz CT molecular complexity index is 1040. The molecule has 1 fully saturated rings. The van der Waals surface area contributed by atoms with Gasteiger partial charge in [0.15, 0.2) is 0 Å². The van der Waals surface area contributed by atoms with Gasteiger partial charge in [0.25, 0.3) is 5.91 Å². The number of benzene rings is 1. The molecule has 0 bridgehead atoms. The van der Waals surface area contributed by atoms with Gasteiger partial charge < -0.3 is 9.80 Å². The average Bonchev–Trinajstić information content (AvgIpc) is 3.48. The molecule has 1 saturated heterocycles. The minimum Gasteiger partial charge on any atom is -0.356 e. The maximum Gasteiger partial charge on any atom is 0.262 e. The van der Waals surface area contributed by atoms with Gasteiger partial charge in [-0.2, -0.15) is 5.10 Å². The fourth-order valence-electron chi connectivity index (χ4n) is 4.61. The predicted octanol–water partition coefficient (Wildman–Crippen LogP) is 3.09. The summed E-state index contributed by atoms with van der Waals surface area (Å²) in [6, 6.07) is 12.0. The lowest BCUT2D eigenvalue weighted by Crippen LogP contribution is -2.32. The van der Waals surface area contributed by atoms with E-state index in [0.717, 1.165) is 50.4 Å². The number of pyridine rings is 1. The van der Waals surface area contributed by atoms with Gasteiger partial charge in [0.05, 0.1) is 11.8 Å². The van der Waals surface area contributed by atoms with Gasteiger partial charge in [-0.3, -0.25) is 9.48 Å². The summed E-state index contributed by atoms with van der Waals surface area (Å²) in [6.45, 7) is 2.58. The molecule has 0 saturated carbocycles. The van der Waals surface area contributed by atoms with Gasteiger partial charge in [0.1, 0.15) is 5.82 Å². The second-order valence-corrected chi connectivity index (χ2v) is 8.04. The Balaban J connectivity index is 1.36. The zero-order valence-corrected chi connectivity index (χ0v) is 16.7. The quantitative estimate of drug-likeness (QED) is 0.690. The predicted molar refractivity (Wildman–Crippen MR) is 113 cm³/mol. The second-order valence-electron chi connectivity index (χ2n) is 8.04. The highest BCUT2D eigenvalue weighted by Crippen LogP contribution is 2.32. The number of aryl methyl sites for hydroxylation is 1. The van der Waals surface area contributed by atoms with Gasteiger partial charge >= 0.3 is 0 Å². The van der Waals surface area contributed by atoms with E-state index in [1.807, 2.05) is 53.2 Å². The summed E-state index contributed by atoms with van der Waals surface area (Å²) in [5, 5.41) is 4.28. The third-order valence-electron chi connectivity index (χ3n) is 6.02. The fourth-order valence-corrected chi connectivity index (χ4v) is 4.61. The van der Waals surface area contributed by atoms with Crippen LogP contribution in [-0.2, 0) is 19.9 Å². The number of para-hydroxylation sites is 1. The normalized spacial score (nSPS) is 18.3. The summed E-state index contributed by atoms with van der Waals surface area (Å²) in [4.78, 5) is 22.2. The van der Waals surface area contributed by atoms with E-state index >= 15 is 0 Å². The van der Waals surface area contributed by atoms with Crippen LogP contribution in [0.25, 0.3) is 0 Å². The van der Waals surface area contributed by atoms with Crippen molar-refractivity contribution in [3.8, 4) is 0 Å². The van der Waals surface area contributed by atoms with E-state index in [-0.39, 0.29) is 5.91 Å². The van der Waals surface area contributed by atoms with E-state index in [2.05, 4.69) is 27.2 Å². The lowest BCUT2D eigenvalue weighted by molar-refractivity contribution is 0.0989. The molecule has 2 aromatic heterocycles. The molecule has 0 radical (unpaired) electrons. The number of anilines is 2. The van der Waals surface area contributed by atoms with Crippen LogP contribution in [0.4, 0.5) is 11.5 Å². The average molecular weight is 387 g/mol. The molecule has 0 N–H and O–H groups in total. The molecule has 5 rings (SSSR count). The highest BCUT2D eigenvalue weighted by molar-refractivity contribution is 6.10. The van der Waals surface area contributed by atoms with Crippen molar-refractivity contribution >= 4 is 17.4 Å². The van der Waals surface area contributed by atoms with Crippen LogP contribution in [0.3, 0.4) is 0 Å². The Kier molecular flexibility index (Phi) is 4.54. The zero-order chi connectivity index (χ0) is 19.8. The smallest absolute Gasteiger partial charge is 0.262 e. The molecule has 2 aliphatic heterocycles. The SMILES string of the molecule is Cn1cc(CC2CCN(c3ncccc3C(=O)N3CCc4ccccc43)C2)cn1. The van der Waals surface area contributed by atoms with Gasteiger partial charge in [-0.05, 0) is 54.5 Å². The first kappa shape index (κ1) is 17.9. The van der Waals surface area contributed by atoms with Crippen molar-refractivity contribution in [1.82, 2.24) is 14.8 Å². The van der Waals surface area contributed by atoms with E-state index in [1.165, 1.54) is 11.1 Å². The lowest BCUT2D eigenvalue weighted by Gasteiger charge is -2.23. The van der Waals surface area contributed by atoms with E-state index in [4.69, 9.17) is 0 Å². The summed E-state index contributed by atoms with van der Waals surface area (Å²) in [5.41, 5.74) is 4.24.